The van der Waals surface area contributed by atoms with Crippen LogP contribution in [0.4, 0.5) is 17.3 Å². The second-order valence-corrected chi connectivity index (χ2v) is 5.56. The zero-order chi connectivity index (χ0) is 18.2. The molecule has 6 heteroatoms. The molecule has 2 aromatic rings. The highest BCUT2D eigenvalue weighted by atomic mass is 16.1. The first-order valence-electron chi connectivity index (χ1n) is 8.44. The van der Waals surface area contributed by atoms with Gasteiger partial charge in [-0.2, -0.15) is 0 Å². The van der Waals surface area contributed by atoms with E-state index < -0.39 is 0 Å². The number of nitrogens with zero attached hydrogens (tertiary/aromatic N) is 3. The van der Waals surface area contributed by atoms with E-state index in [-0.39, 0.29) is 5.91 Å². The molecule has 0 aliphatic heterocycles. The Kier molecular flexibility index (Phi) is 6.51. The monoisotopic (exact) mass is 339 g/mol. The number of hydrogen-bond donors (Lipinski definition) is 2. The van der Waals surface area contributed by atoms with E-state index in [1.54, 1.807) is 12.1 Å². The highest BCUT2D eigenvalue weighted by Gasteiger charge is 2.10. The number of anilines is 3. The third-order valence-corrected chi connectivity index (χ3v) is 3.75. The highest BCUT2D eigenvalue weighted by Crippen LogP contribution is 2.20. The molecule has 1 heterocycles. The SMILES string of the molecule is C=CCNC(=O)c1cc(C)nc(Nc2ccc(N(CC)CC)cc2)n1. The van der Waals surface area contributed by atoms with Gasteiger partial charge in [0, 0.05) is 36.7 Å². The van der Waals surface area contributed by atoms with Crippen molar-refractivity contribution in [3.8, 4) is 0 Å². The summed E-state index contributed by atoms with van der Waals surface area (Å²) in [6, 6.07) is 9.74. The van der Waals surface area contributed by atoms with E-state index in [1.165, 1.54) is 5.69 Å². The van der Waals surface area contributed by atoms with Crippen molar-refractivity contribution in [3.63, 3.8) is 0 Å². The minimum absolute atomic E-state index is 0.245. The zero-order valence-electron chi connectivity index (χ0n) is 15.0. The Balaban J connectivity index is 2.15. The lowest BCUT2D eigenvalue weighted by atomic mass is 10.2. The van der Waals surface area contributed by atoms with Crippen LogP contribution in [0.3, 0.4) is 0 Å². The van der Waals surface area contributed by atoms with Crippen LogP contribution in [0.2, 0.25) is 0 Å². The van der Waals surface area contributed by atoms with E-state index in [2.05, 4.69) is 58.1 Å². The topological polar surface area (TPSA) is 70.2 Å². The molecule has 2 N–H and O–H groups in total. The van der Waals surface area contributed by atoms with Gasteiger partial charge in [0.2, 0.25) is 5.95 Å². The van der Waals surface area contributed by atoms with Gasteiger partial charge in [0.1, 0.15) is 5.69 Å². The van der Waals surface area contributed by atoms with Crippen molar-refractivity contribution in [2.24, 2.45) is 0 Å². The average molecular weight is 339 g/mol. The maximum absolute atomic E-state index is 12.1. The summed E-state index contributed by atoms with van der Waals surface area (Å²) < 4.78 is 0. The molecule has 1 aromatic carbocycles. The summed E-state index contributed by atoms with van der Waals surface area (Å²) in [5.74, 6) is 0.157. The standard InChI is InChI=1S/C19H25N5O/c1-5-12-20-18(25)17-13-14(4)21-19(23-17)22-15-8-10-16(11-9-15)24(6-2)7-3/h5,8-11,13H,1,6-7,12H2,2-4H3,(H,20,25)(H,21,22,23). The van der Waals surface area contributed by atoms with Gasteiger partial charge in [-0.1, -0.05) is 6.08 Å². The van der Waals surface area contributed by atoms with Crippen molar-refractivity contribution in [1.82, 2.24) is 15.3 Å². The van der Waals surface area contributed by atoms with Crippen LogP contribution in [0.5, 0.6) is 0 Å². The smallest absolute Gasteiger partial charge is 0.270 e. The minimum Gasteiger partial charge on any atom is -0.372 e. The Morgan fingerprint density at radius 3 is 2.48 bits per heavy atom. The third-order valence-electron chi connectivity index (χ3n) is 3.75. The molecule has 132 valence electrons. The Hall–Kier alpha value is -2.89. The number of benzene rings is 1. The van der Waals surface area contributed by atoms with Gasteiger partial charge < -0.3 is 15.5 Å². The molecule has 0 radical (unpaired) electrons. The van der Waals surface area contributed by atoms with E-state index >= 15 is 0 Å². The largest absolute Gasteiger partial charge is 0.372 e. The van der Waals surface area contributed by atoms with Crippen molar-refractivity contribution >= 4 is 23.2 Å². The van der Waals surface area contributed by atoms with Crippen LogP contribution >= 0.6 is 0 Å². The number of amides is 1. The van der Waals surface area contributed by atoms with Gasteiger partial charge in [0.25, 0.3) is 5.91 Å². The molecule has 0 saturated carbocycles. The van der Waals surface area contributed by atoms with Gasteiger partial charge in [0.05, 0.1) is 0 Å². The predicted octanol–water partition coefficient (Wildman–Crippen LogP) is 3.29. The van der Waals surface area contributed by atoms with Crippen molar-refractivity contribution in [3.05, 3.63) is 54.4 Å². The predicted molar refractivity (Wildman–Crippen MR) is 103 cm³/mol. The number of rotatable bonds is 8. The molecule has 2 rings (SSSR count). The van der Waals surface area contributed by atoms with Gasteiger partial charge in [-0.3, -0.25) is 4.79 Å². The fourth-order valence-corrected chi connectivity index (χ4v) is 2.47. The average Bonchev–Trinajstić information content (AvgIpc) is 2.61. The van der Waals surface area contributed by atoms with Gasteiger partial charge in [-0.25, -0.2) is 9.97 Å². The fourth-order valence-electron chi connectivity index (χ4n) is 2.47. The van der Waals surface area contributed by atoms with E-state index in [0.29, 0.717) is 18.2 Å². The lowest BCUT2D eigenvalue weighted by Crippen LogP contribution is -2.24. The lowest BCUT2D eigenvalue weighted by molar-refractivity contribution is 0.0953. The summed E-state index contributed by atoms with van der Waals surface area (Å²) in [7, 11) is 0. The second kappa shape index (κ2) is 8.82. The molecule has 0 spiro atoms. The van der Waals surface area contributed by atoms with Gasteiger partial charge >= 0.3 is 0 Å². The molecule has 0 aliphatic carbocycles. The molecule has 0 bridgehead atoms. The van der Waals surface area contributed by atoms with Crippen LogP contribution in [0, 0.1) is 6.92 Å². The fraction of sp³-hybridized carbons (Fsp3) is 0.316. The van der Waals surface area contributed by atoms with Crippen LogP contribution in [-0.4, -0.2) is 35.5 Å². The quantitative estimate of drug-likeness (QED) is 0.722. The van der Waals surface area contributed by atoms with Crippen molar-refractivity contribution in [1.29, 1.82) is 0 Å². The van der Waals surface area contributed by atoms with Crippen LogP contribution in [0.25, 0.3) is 0 Å². The minimum atomic E-state index is -0.245. The molecule has 0 atom stereocenters. The Labute approximate surface area is 149 Å². The molecule has 0 unspecified atom stereocenters. The van der Waals surface area contributed by atoms with Gasteiger partial charge in [0.15, 0.2) is 0 Å². The maximum Gasteiger partial charge on any atom is 0.270 e. The van der Waals surface area contributed by atoms with Crippen molar-refractivity contribution in [2.45, 2.75) is 20.8 Å². The Morgan fingerprint density at radius 2 is 1.88 bits per heavy atom. The number of hydrogen-bond acceptors (Lipinski definition) is 5. The molecule has 6 nitrogen and oxygen atoms in total. The summed E-state index contributed by atoms with van der Waals surface area (Å²) in [6.07, 6.45) is 1.63. The lowest BCUT2D eigenvalue weighted by Gasteiger charge is -2.21. The molecule has 0 aliphatic rings. The summed E-state index contributed by atoms with van der Waals surface area (Å²) in [6.45, 7) is 12.0. The maximum atomic E-state index is 12.1. The van der Waals surface area contributed by atoms with Crippen LogP contribution in [-0.2, 0) is 0 Å². The molecule has 1 aromatic heterocycles. The molecule has 25 heavy (non-hydrogen) atoms. The highest BCUT2D eigenvalue weighted by molar-refractivity contribution is 5.92. The number of aromatic nitrogens is 2. The van der Waals surface area contributed by atoms with E-state index in [4.69, 9.17) is 0 Å². The first-order chi connectivity index (χ1) is 12.1. The summed E-state index contributed by atoms with van der Waals surface area (Å²) in [5.41, 5.74) is 3.10. The molecule has 0 fully saturated rings. The molecular weight excluding hydrogens is 314 g/mol. The summed E-state index contributed by atoms with van der Waals surface area (Å²) in [4.78, 5) is 23.0. The molecule has 0 saturated heterocycles. The van der Waals surface area contributed by atoms with Crippen LogP contribution < -0.4 is 15.5 Å². The van der Waals surface area contributed by atoms with Crippen molar-refractivity contribution < 1.29 is 4.79 Å². The van der Waals surface area contributed by atoms with E-state index in [1.807, 2.05) is 19.1 Å². The number of aryl methyl sites for hydroxylation is 1. The number of carbonyl (C=O) groups excluding carboxylic acids is 1. The Morgan fingerprint density at radius 1 is 1.20 bits per heavy atom. The molecule has 1 amide bonds. The van der Waals surface area contributed by atoms with Gasteiger partial charge in [-0.15, -0.1) is 6.58 Å². The third kappa shape index (κ3) is 5.04. The molecular formula is C19H25N5O. The number of carbonyl (C=O) groups is 1. The first kappa shape index (κ1) is 18.4. The number of nitrogens with one attached hydrogen (secondary N) is 2. The summed E-state index contributed by atoms with van der Waals surface area (Å²) in [5, 5.41) is 5.88. The Bertz CT molecular complexity index is 723. The summed E-state index contributed by atoms with van der Waals surface area (Å²) >= 11 is 0. The van der Waals surface area contributed by atoms with Crippen LogP contribution in [0.15, 0.2) is 43.0 Å². The van der Waals surface area contributed by atoms with Crippen LogP contribution in [0.1, 0.15) is 30.0 Å². The second-order valence-electron chi connectivity index (χ2n) is 5.56. The zero-order valence-corrected chi connectivity index (χ0v) is 15.0. The van der Waals surface area contributed by atoms with Crippen molar-refractivity contribution in [2.75, 3.05) is 29.9 Å². The normalized spacial score (nSPS) is 10.2. The van der Waals surface area contributed by atoms with Gasteiger partial charge in [-0.05, 0) is 51.1 Å². The van der Waals surface area contributed by atoms with E-state index in [0.717, 1.165) is 24.5 Å². The first-order valence-corrected chi connectivity index (χ1v) is 8.44. The van der Waals surface area contributed by atoms with E-state index in [9.17, 15) is 4.79 Å².